The van der Waals surface area contributed by atoms with E-state index in [2.05, 4.69) is 11.3 Å². The Balaban J connectivity index is 2.47. The van der Waals surface area contributed by atoms with Crippen LogP contribution in [0.15, 0.2) is 12.3 Å². The van der Waals surface area contributed by atoms with Gasteiger partial charge in [0, 0.05) is 12.1 Å². The minimum atomic E-state index is -0.0307. The van der Waals surface area contributed by atoms with Gasteiger partial charge in [-0.25, -0.2) is 0 Å². The number of carbonyl (C=O) groups is 2. The van der Waals surface area contributed by atoms with E-state index in [1.165, 1.54) is 4.90 Å². The standard InChI is InChI=1S/C7H9NO3/c1-6-2-3-7(10)8(6)4-11-5-9/h5H,1-4H2. The highest BCUT2D eigenvalue weighted by molar-refractivity contribution is 5.81. The van der Waals surface area contributed by atoms with E-state index >= 15 is 0 Å². The fourth-order valence-corrected chi connectivity index (χ4v) is 0.966. The Morgan fingerprint density at radius 2 is 2.36 bits per heavy atom. The van der Waals surface area contributed by atoms with Crippen molar-refractivity contribution in [1.29, 1.82) is 0 Å². The minimum absolute atomic E-state index is 0.00116. The van der Waals surface area contributed by atoms with Gasteiger partial charge in [-0.15, -0.1) is 0 Å². The van der Waals surface area contributed by atoms with Gasteiger partial charge in [-0.1, -0.05) is 6.58 Å². The van der Waals surface area contributed by atoms with Gasteiger partial charge in [-0.3, -0.25) is 14.5 Å². The van der Waals surface area contributed by atoms with Gasteiger partial charge >= 0.3 is 0 Å². The zero-order valence-corrected chi connectivity index (χ0v) is 6.08. The zero-order valence-electron chi connectivity index (χ0n) is 6.08. The highest BCUT2D eigenvalue weighted by Gasteiger charge is 2.23. The molecular formula is C7H9NO3. The van der Waals surface area contributed by atoms with E-state index in [1.54, 1.807) is 0 Å². The molecule has 0 aromatic carbocycles. The van der Waals surface area contributed by atoms with Crippen LogP contribution in [0.5, 0.6) is 0 Å². The lowest BCUT2D eigenvalue weighted by atomic mass is 10.3. The van der Waals surface area contributed by atoms with Crippen molar-refractivity contribution >= 4 is 12.4 Å². The second-order valence-corrected chi connectivity index (χ2v) is 2.28. The van der Waals surface area contributed by atoms with E-state index in [0.717, 1.165) is 5.70 Å². The van der Waals surface area contributed by atoms with E-state index < -0.39 is 0 Å². The molecule has 0 aromatic heterocycles. The molecule has 0 atom stereocenters. The average molecular weight is 155 g/mol. The van der Waals surface area contributed by atoms with E-state index in [0.29, 0.717) is 19.3 Å². The predicted octanol–water partition coefficient (Wildman–Crippen LogP) is 0.253. The Morgan fingerprint density at radius 3 is 2.82 bits per heavy atom. The molecule has 0 N–H and O–H groups in total. The molecule has 0 spiro atoms. The van der Waals surface area contributed by atoms with Crippen LogP contribution in [0.3, 0.4) is 0 Å². The smallest absolute Gasteiger partial charge is 0.294 e. The average Bonchev–Trinajstić information content (AvgIpc) is 2.29. The third-order valence-electron chi connectivity index (χ3n) is 1.58. The first-order valence-electron chi connectivity index (χ1n) is 3.29. The number of likely N-dealkylation sites (tertiary alicyclic amines) is 1. The number of hydrogen-bond donors (Lipinski definition) is 0. The Bertz CT molecular complexity index is 184. The first kappa shape index (κ1) is 7.78. The minimum Gasteiger partial charge on any atom is -0.446 e. The topological polar surface area (TPSA) is 46.6 Å². The van der Waals surface area contributed by atoms with E-state index in [-0.39, 0.29) is 12.6 Å². The monoisotopic (exact) mass is 155 g/mol. The number of carbonyl (C=O) groups excluding carboxylic acids is 2. The highest BCUT2D eigenvalue weighted by Crippen LogP contribution is 2.19. The summed E-state index contributed by atoms with van der Waals surface area (Å²) >= 11 is 0. The normalized spacial score (nSPS) is 17.3. The third-order valence-corrected chi connectivity index (χ3v) is 1.58. The lowest BCUT2D eigenvalue weighted by Crippen LogP contribution is -2.25. The number of amides is 1. The molecule has 0 saturated carbocycles. The van der Waals surface area contributed by atoms with Crippen LogP contribution in [0.2, 0.25) is 0 Å². The van der Waals surface area contributed by atoms with Gasteiger partial charge < -0.3 is 4.74 Å². The molecule has 0 unspecified atom stereocenters. The Morgan fingerprint density at radius 1 is 1.64 bits per heavy atom. The van der Waals surface area contributed by atoms with Crippen LogP contribution >= 0.6 is 0 Å². The summed E-state index contributed by atoms with van der Waals surface area (Å²) in [4.78, 5) is 22.1. The van der Waals surface area contributed by atoms with Gasteiger partial charge in [0.05, 0.1) is 0 Å². The lowest BCUT2D eigenvalue weighted by molar-refractivity contribution is -0.138. The molecule has 1 saturated heterocycles. The number of nitrogens with zero attached hydrogens (tertiary/aromatic N) is 1. The molecule has 1 aliphatic heterocycles. The Labute approximate surface area is 64.4 Å². The Kier molecular flexibility index (Phi) is 2.25. The first-order chi connectivity index (χ1) is 5.25. The first-order valence-corrected chi connectivity index (χ1v) is 3.29. The van der Waals surface area contributed by atoms with E-state index in [9.17, 15) is 9.59 Å². The van der Waals surface area contributed by atoms with Crippen LogP contribution in [0, 0.1) is 0 Å². The number of ether oxygens (including phenoxy) is 1. The maximum atomic E-state index is 11.0. The Hall–Kier alpha value is -1.32. The van der Waals surface area contributed by atoms with Crippen molar-refractivity contribution in [1.82, 2.24) is 4.90 Å². The van der Waals surface area contributed by atoms with E-state index in [1.807, 2.05) is 0 Å². The van der Waals surface area contributed by atoms with Crippen LogP contribution in [-0.2, 0) is 14.3 Å². The van der Waals surface area contributed by atoms with Gasteiger partial charge in [-0.2, -0.15) is 0 Å². The summed E-state index contributed by atoms with van der Waals surface area (Å²) < 4.78 is 4.42. The van der Waals surface area contributed by atoms with Crippen molar-refractivity contribution in [3.05, 3.63) is 12.3 Å². The molecule has 1 amide bonds. The van der Waals surface area contributed by atoms with Gasteiger partial charge in [0.25, 0.3) is 6.47 Å². The van der Waals surface area contributed by atoms with Gasteiger partial charge in [-0.05, 0) is 6.42 Å². The second kappa shape index (κ2) is 3.18. The molecule has 11 heavy (non-hydrogen) atoms. The van der Waals surface area contributed by atoms with E-state index in [4.69, 9.17) is 0 Å². The summed E-state index contributed by atoms with van der Waals surface area (Å²) in [5.41, 5.74) is 0.719. The highest BCUT2D eigenvalue weighted by atomic mass is 16.5. The van der Waals surface area contributed by atoms with Crippen LogP contribution in [0.25, 0.3) is 0 Å². The molecule has 1 heterocycles. The number of allylic oxidation sites excluding steroid dienone is 1. The summed E-state index contributed by atoms with van der Waals surface area (Å²) in [6, 6.07) is 0. The maximum Gasteiger partial charge on any atom is 0.294 e. The van der Waals surface area contributed by atoms with Gasteiger partial charge in [0.1, 0.15) is 0 Å². The second-order valence-electron chi connectivity index (χ2n) is 2.28. The summed E-state index contributed by atoms with van der Waals surface area (Å²) in [5.74, 6) is -0.0307. The molecule has 4 nitrogen and oxygen atoms in total. The molecular weight excluding hydrogens is 146 g/mol. The van der Waals surface area contributed by atoms with Crippen molar-refractivity contribution < 1.29 is 14.3 Å². The van der Waals surface area contributed by atoms with Gasteiger partial charge in [0.15, 0.2) is 6.73 Å². The van der Waals surface area contributed by atoms with Gasteiger partial charge in [0.2, 0.25) is 5.91 Å². The molecule has 1 aliphatic rings. The molecule has 1 fully saturated rings. The van der Waals surface area contributed by atoms with Crippen LogP contribution < -0.4 is 0 Å². The summed E-state index contributed by atoms with van der Waals surface area (Å²) in [6.07, 6.45) is 1.14. The van der Waals surface area contributed by atoms with Crippen molar-refractivity contribution in [3.8, 4) is 0 Å². The summed E-state index contributed by atoms with van der Waals surface area (Å²) in [7, 11) is 0. The van der Waals surface area contributed by atoms with Crippen molar-refractivity contribution in [3.63, 3.8) is 0 Å². The fraction of sp³-hybridized carbons (Fsp3) is 0.429. The van der Waals surface area contributed by atoms with Crippen LogP contribution in [0.4, 0.5) is 0 Å². The van der Waals surface area contributed by atoms with Crippen molar-refractivity contribution in [2.45, 2.75) is 12.8 Å². The molecule has 0 aromatic rings. The molecule has 0 radical (unpaired) electrons. The maximum absolute atomic E-state index is 11.0. The van der Waals surface area contributed by atoms with Crippen molar-refractivity contribution in [2.75, 3.05) is 6.73 Å². The fourth-order valence-electron chi connectivity index (χ4n) is 0.966. The van der Waals surface area contributed by atoms with Crippen molar-refractivity contribution in [2.24, 2.45) is 0 Å². The summed E-state index contributed by atoms with van der Waals surface area (Å²) in [6.45, 7) is 3.97. The summed E-state index contributed by atoms with van der Waals surface area (Å²) in [5, 5.41) is 0. The third kappa shape index (κ3) is 1.58. The quantitative estimate of drug-likeness (QED) is 0.549. The predicted molar refractivity (Wildman–Crippen MR) is 37.2 cm³/mol. The molecule has 1 rings (SSSR count). The molecule has 4 heteroatoms. The lowest BCUT2D eigenvalue weighted by Gasteiger charge is -2.14. The SMILES string of the molecule is C=C1CCC(=O)N1COC=O. The number of hydrogen-bond acceptors (Lipinski definition) is 3. The largest absolute Gasteiger partial charge is 0.446 e. The molecule has 0 aliphatic carbocycles. The van der Waals surface area contributed by atoms with Crippen LogP contribution in [0.1, 0.15) is 12.8 Å². The van der Waals surface area contributed by atoms with Crippen LogP contribution in [-0.4, -0.2) is 24.0 Å². The number of rotatable bonds is 3. The zero-order chi connectivity index (χ0) is 8.27. The molecule has 60 valence electrons. The molecule has 0 bridgehead atoms.